The van der Waals surface area contributed by atoms with Crippen molar-refractivity contribution in [1.82, 2.24) is 9.47 Å². The second-order valence-electron chi connectivity index (χ2n) is 7.70. The van der Waals surface area contributed by atoms with E-state index in [9.17, 15) is 4.79 Å². The predicted molar refractivity (Wildman–Crippen MR) is 116 cm³/mol. The van der Waals surface area contributed by atoms with E-state index in [4.69, 9.17) is 9.41 Å². The average molecular weight is 410 g/mol. The molecule has 2 aromatic heterocycles. The number of carbonyl (C=O) groups excluding carboxylic acids is 1. The second kappa shape index (κ2) is 8.82. The molecule has 0 unspecified atom stereocenters. The van der Waals surface area contributed by atoms with Crippen LogP contribution < -0.4 is 4.80 Å². The Labute approximate surface area is 175 Å². The van der Waals surface area contributed by atoms with Gasteiger partial charge in [0.05, 0.1) is 17.6 Å². The molecule has 1 aliphatic rings. The summed E-state index contributed by atoms with van der Waals surface area (Å²) in [6.07, 6.45) is 4.27. The van der Waals surface area contributed by atoms with Crippen molar-refractivity contribution in [3.05, 3.63) is 58.4 Å². The molecule has 1 aromatic carbocycles. The Hall–Kier alpha value is -2.60. The molecule has 0 saturated carbocycles. The van der Waals surface area contributed by atoms with E-state index in [-0.39, 0.29) is 5.91 Å². The maximum atomic E-state index is 11.9. The monoisotopic (exact) mass is 409 g/mol. The molecule has 152 valence electrons. The summed E-state index contributed by atoms with van der Waals surface area (Å²) >= 11 is 1.63. The van der Waals surface area contributed by atoms with Crippen LogP contribution in [-0.4, -0.2) is 28.5 Å². The number of amides is 1. The van der Waals surface area contributed by atoms with Gasteiger partial charge >= 0.3 is 0 Å². The smallest absolute Gasteiger partial charge is 0.222 e. The molecule has 0 radical (unpaired) electrons. The maximum absolute atomic E-state index is 11.9. The summed E-state index contributed by atoms with van der Waals surface area (Å²) in [5.41, 5.74) is 3.29. The van der Waals surface area contributed by atoms with E-state index >= 15 is 0 Å². The SMILES string of the molecule is CC(C)c1ccccc1N=c1scc(-c2ccco2)n1CCCN1CCCC1=O. The number of thiazole rings is 1. The highest BCUT2D eigenvalue weighted by molar-refractivity contribution is 7.07. The van der Waals surface area contributed by atoms with Gasteiger partial charge in [0.15, 0.2) is 10.6 Å². The molecular weight excluding hydrogens is 382 g/mol. The highest BCUT2D eigenvalue weighted by Crippen LogP contribution is 2.27. The molecule has 0 spiro atoms. The van der Waals surface area contributed by atoms with Crippen LogP contribution in [0.3, 0.4) is 0 Å². The number of hydrogen-bond acceptors (Lipinski definition) is 4. The van der Waals surface area contributed by atoms with Crippen molar-refractivity contribution in [3.8, 4) is 11.5 Å². The number of hydrogen-bond donors (Lipinski definition) is 0. The van der Waals surface area contributed by atoms with E-state index in [2.05, 4.69) is 42.0 Å². The minimum atomic E-state index is 0.280. The number of furan rings is 1. The van der Waals surface area contributed by atoms with Crippen LogP contribution in [0.4, 0.5) is 5.69 Å². The normalized spacial score (nSPS) is 15.1. The molecule has 29 heavy (non-hydrogen) atoms. The van der Waals surface area contributed by atoms with Crippen LogP contribution in [0, 0.1) is 0 Å². The number of para-hydroxylation sites is 1. The molecule has 3 aromatic rings. The molecule has 1 aliphatic heterocycles. The molecule has 0 N–H and O–H groups in total. The first kappa shape index (κ1) is 19.7. The lowest BCUT2D eigenvalue weighted by Crippen LogP contribution is -2.27. The molecule has 1 saturated heterocycles. The third-order valence-corrected chi connectivity index (χ3v) is 6.19. The van der Waals surface area contributed by atoms with Gasteiger partial charge in [-0.05, 0) is 42.5 Å². The van der Waals surface area contributed by atoms with Crippen LogP contribution in [0.2, 0.25) is 0 Å². The first-order valence-corrected chi connectivity index (χ1v) is 11.1. The fourth-order valence-electron chi connectivity index (χ4n) is 3.80. The maximum Gasteiger partial charge on any atom is 0.222 e. The van der Waals surface area contributed by atoms with Gasteiger partial charge in [0.25, 0.3) is 0 Å². The van der Waals surface area contributed by atoms with Gasteiger partial charge in [-0.25, -0.2) is 4.99 Å². The summed E-state index contributed by atoms with van der Waals surface area (Å²) in [5, 5.41) is 2.11. The molecule has 4 rings (SSSR count). The Bertz CT molecular complexity index is 1030. The standard InChI is InChI=1S/C23H27N3O2S/c1-17(2)18-8-3-4-9-19(18)24-23-26(14-7-13-25-12-5-11-22(25)27)20(16-29-23)21-10-6-15-28-21/h3-4,6,8-10,15-17H,5,7,11-14H2,1-2H3. The van der Waals surface area contributed by atoms with Gasteiger partial charge in [-0.3, -0.25) is 4.79 Å². The molecule has 0 atom stereocenters. The number of likely N-dealkylation sites (tertiary alicyclic amines) is 1. The number of nitrogens with zero attached hydrogens (tertiary/aromatic N) is 3. The van der Waals surface area contributed by atoms with Crippen molar-refractivity contribution in [1.29, 1.82) is 0 Å². The summed E-state index contributed by atoms with van der Waals surface area (Å²) in [7, 11) is 0. The number of aromatic nitrogens is 1. The summed E-state index contributed by atoms with van der Waals surface area (Å²) in [5.74, 6) is 1.54. The van der Waals surface area contributed by atoms with Gasteiger partial charge in [0.2, 0.25) is 5.91 Å². The molecule has 5 nitrogen and oxygen atoms in total. The van der Waals surface area contributed by atoms with E-state index < -0.39 is 0 Å². The summed E-state index contributed by atoms with van der Waals surface area (Å²) in [6.45, 7) is 6.86. The lowest BCUT2D eigenvalue weighted by Gasteiger charge is -2.16. The Morgan fingerprint density at radius 3 is 2.76 bits per heavy atom. The highest BCUT2D eigenvalue weighted by Gasteiger charge is 2.19. The van der Waals surface area contributed by atoms with Crippen LogP contribution in [0.5, 0.6) is 0 Å². The average Bonchev–Trinajstić information content (AvgIpc) is 3.45. The van der Waals surface area contributed by atoms with Crippen molar-refractivity contribution in [2.45, 2.75) is 45.6 Å². The highest BCUT2D eigenvalue weighted by atomic mass is 32.1. The van der Waals surface area contributed by atoms with Crippen LogP contribution in [-0.2, 0) is 11.3 Å². The molecule has 3 heterocycles. The van der Waals surface area contributed by atoms with Gasteiger partial charge in [-0.15, -0.1) is 11.3 Å². The second-order valence-corrected chi connectivity index (χ2v) is 8.53. The summed E-state index contributed by atoms with van der Waals surface area (Å²) in [4.78, 5) is 19.9. The van der Waals surface area contributed by atoms with Crippen LogP contribution in [0.15, 0.2) is 57.5 Å². The lowest BCUT2D eigenvalue weighted by atomic mass is 10.0. The van der Waals surface area contributed by atoms with Crippen molar-refractivity contribution in [3.63, 3.8) is 0 Å². The fourth-order valence-corrected chi connectivity index (χ4v) is 4.73. The van der Waals surface area contributed by atoms with E-state index in [1.165, 1.54) is 5.56 Å². The molecule has 0 aliphatic carbocycles. The molecule has 6 heteroatoms. The van der Waals surface area contributed by atoms with Gasteiger partial charge in [-0.1, -0.05) is 32.0 Å². The van der Waals surface area contributed by atoms with Gasteiger partial charge in [-0.2, -0.15) is 0 Å². The number of rotatable bonds is 7. The Morgan fingerprint density at radius 1 is 1.17 bits per heavy atom. The Morgan fingerprint density at radius 2 is 2.03 bits per heavy atom. The van der Waals surface area contributed by atoms with E-state index in [1.807, 2.05) is 23.1 Å². The van der Waals surface area contributed by atoms with Gasteiger partial charge in [0, 0.05) is 31.4 Å². The molecule has 1 fully saturated rings. The molecule has 0 bridgehead atoms. The van der Waals surface area contributed by atoms with Crippen molar-refractivity contribution in [2.75, 3.05) is 13.1 Å². The van der Waals surface area contributed by atoms with Gasteiger partial charge in [0.1, 0.15) is 0 Å². The lowest BCUT2D eigenvalue weighted by molar-refractivity contribution is -0.127. The number of carbonyl (C=O) groups is 1. The van der Waals surface area contributed by atoms with Crippen LogP contribution >= 0.6 is 11.3 Å². The van der Waals surface area contributed by atoms with Crippen LogP contribution in [0.25, 0.3) is 11.5 Å². The first-order chi connectivity index (χ1) is 14.1. The van der Waals surface area contributed by atoms with E-state index in [0.717, 1.165) is 54.4 Å². The minimum absolute atomic E-state index is 0.280. The quantitative estimate of drug-likeness (QED) is 0.540. The zero-order chi connectivity index (χ0) is 20.2. The van der Waals surface area contributed by atoms with Crippen molar-refractivity contribution < 1.29 is 9.21 Å². The molecular formula is C23H27N3O2S. The fraction of sp³-hybridized carbons (Fsp3) is 0.391. The Balaban J connectivity index is 1.66. The topological polar surface area (TPSA) is 50.7 Å². The zero-order valence-electron chi connectivity index (χ0n) is 17.0. The predicted octanol–water partition coefficient (Wildman–Crippen LogP) is 5.18. The minimum Gasteiger partial charge on any atom is -0.463 e. The van der Waals surface area contributed by atoms with E-state index in [0.29, 0.717) is 12.3 Å². The first-order valence-electron chi connectivity index (χ1n) is 10.3. The van der Waals surface area contributed by atoms with Crippen molar-refractivity contribution in [2.24, 2.45) is 4.99 Å². The third-order valence-electron chi connectivity index (χ3n) is 5.33. The Kier molecular flexibility index (Phi) is 6.00. The van der Waals surface area contributed by atoms with E-state index in [1.54, 1.807) is 17.6 Å². The van der Waals surface area contributed by atoms with Crippen LogP contribution in [0.1, 0.15) is 44.6 Å². The summed E-state index contributed by atoms with van der Waals surface area (Å²) in [6, 6.07) is 12.2. The third kappa shape index (κ3) is 4.37. The largest absolute Gasteiger partial charge is 0.463 e. The van der Waals surface area contributed by atoms with Crippen molar-refractivity contribution >= 4 is 22.9 Å². The number of benzene rings is 1. The zero-order valence-corrected chi connectivity index (χ0v) is 17.8. The molecule has 1 amide bonds. The summed E-state index contributed by atoms with van der Waals surface area (Å²) < 4.78 is 7.89. The van der Waals surface area contributed by atoms with Gasteiger partial charge < -0.3 is 13.9 Å².